The van der Waals surface area contributed by atoms with Gasteiger partial charge in [0.1, 0.15) is 34.3 Å². The Bertz CT molecular complexity index is 1770. The molecule has 5 aromatic rings. The van der Waals surface area contributed by atoms with Crippen LogP contribution in [-0.4, -0.2) is 25.2 Å². The van der Waals surface area contributed by atoms with E-state index in [1.807, 2.05) is 30.3 Å². The van der Waals surface area contributed by atoms with E-state index in [-0.39, 0.29) is 17.8 Å². The lowest BCUT2D eigenvalue weighted by Gasteiger charge is -2.25. The van der Waals surface area contributed by atoms with Crippen molar-refractivity contribution in [1.29, 1.82) is 0 Å². The average Bonchev–Trinajstić information content (AvgIpc) is 3.55. The molecule has 1 atom stereocenters. The fourth-order valence-corrected chi connectivity index (χ4v) is 5.60. The van der Waals surface area contributed by atoms with Crippen LogP contribution in [0.2, 0.25) is 0 Å². The molecule has 11 heteroatoms. The summed E-state index contributed by atoms with van der Waals surface area (Å²) in [5.74, 6) is -1.11. The van der Waals surface area contributed by atoms with Gasteiger partial charge in [0.15, 0.2) is 0 Å². The number of nitrogens with zero attached hydrogens (tertiary/aromatic N) is 3. The number of oxazole rings is 1. The highest BCUT2D eigenvalue weighted by Crippen LogP contribution is 2.36. The van der Waals surface area contributed by atoms with Crippen molar-refractivity contribution in [2.45, 2.75) is 39.0 Å². The van der Waals surface area contributed by atoms with Crippen molar-refractivity contribution in [3.8, 4) is 16.5 Å². The van der Waals surface area contributed by atoms with E-state index >= 15 is 0 Å². The van der Waals surface area contributed by atoms with Crippen LogP contribution in [0.1, 0.15) is 31.1 Å². The van der Waals surface area contributed by atoms with Crippen molar-refractivity contribution in [1.82, 2.24) is 14.1 Å². The lowest BCUT2D eigenvalue weighted by atomic mass is 10.1. The van der Waals surface area contributed by atoms with E-state index in [1.165, 1.54) is 55.1 Å². The zero-order valence-corrected chi connectivity index (χ0v) is 22.1. The Balaban J connectivity index is 1.77. The minimum absolute atomic E-state index is 0.0717. The summed E-state index contributed by atoms with van der Waals surface area (Å²) >= 11 is 1.15. The van der Waals surface area contributed by atoms with Gasteiger partial charge in [0.05, 0.1) is 23.0 Å². The van der Waals surface area contributed by atoms with E-state index in [9.17, 15) is 23.9 Å². The first kappa shape index (κ1) is 26.1. The molecule has 9 nitrogen and oxygen atoms in total. The molecule has 1 unspecified atom stereocenters. The third-order valence-electron chi connectivity index (χ3n) is 6.53. The number of carboxylic acid groups (broad SMARTS) is 1. The Morgan fingerprint density at radius 2 is 1.85 bits per heavy atom. The van der Waals surface area contributed by atoms with Crippen LogP contribution in [0.25, 0.3) is 21.0 Å². The molecule has 200 valence electrons. The van der Waals surface area contributed by atoms with Crippen LogP contribution in [0.5, 0.6) is 5.75 Å². The molecular weight excluding hydrogens is 525 g/mol. The molecule has 0 spiro atoms. The van der Waals surface area contributed by atoms with E-state index in [0.29, 0.717) is 21.0 Å². The monoisotopic (exact) mass is 549 g/mol. The van der Waals surface area contributed by atoms with Gasteiger partial charge in [0, 0.05) is 0 Å². The third-order valence-corrected chi connectivity index (χ3v) is 7.84. The number of carbonyl (C=O) groups is 1. The number of ether oxygens (including phenoxy) is 1. The molecular formula is C28H24FN3O6S. The Hall–Kier alpha value is -4.51. The van der Waals surface area contributed by atoms with Gasteiger partial charge >= 0.3 is 11.7 Å². The van der Waals surface area contributed by atoms with Crippen LogP contribution in [0.3, 0.4) is 0 Å². The van der Waals surface area contributed by atoms with Crippen LogP contribution in [-0.2, 0) is 16.9 Å². The highest BCUT2D eigenvalue weighted by Gasteiger charge is 2.36. The second-order valence-electron chi connectivity index (χ2n) is 9.44. The highest BCUT2D eigenvalue weighted by molar-refractivity contribution is 7.22. The van der Waals surface area contributed by atoms with Gasteiger partial charge in [-0.25, -0.2) is 23.5 Å². The molecule has 0 aliphatic rings. The van der Waals surface area contributed by atoms with E-state index in [2.05, 4.69) is 4.98 Å². The first-order valence-electron chi connectivity index (χ1n) is 12.0. The SMILES string of the molecule is Cc1c(-c2ncco2)sc2c1c(=O)n(C(C)(C)C(=O)O)c(=O)n2CC(Oc1ccc(F)cc1)c1ccccc1. The first-order valence-corrected chi connectivity index (χ1v) is 12.8. The van der Waals surface area contributed by atoms with Crippen LogP contribution < -0.4 is 16.0 Å². The number of aryl methyl sites for hydroxylation is 1. The van der Waals surface area contributed by atoms with Gasteiger partial charge in [-0.1, -0.05) is 30.3 Å². The largest absolute Gasteiger partial charge is 0.484 e. The lowest BCUT2D eigenvalue weighted by molar-refractivity contribution is -0.146. The lowest BCUT2D eigenvalue weighted by Crippen LogP contribution is -2.52. The summed E-state index contributed by atoms with van der Waals surface area (Å²) in [6.07, 6.45) is 2.13. The molecule has 0 amide bonds. The Morgan fingerprint density at radius 3 is 2.46 bits per heavy atom. The molecule has 3 heterocycles. The quantitative estimate of drug-likeness (QED) is 0.291. The maximum atomic E-state index is 14.0. The molecule has 0 saturated carbocycles. The minimum Gasteiger partial charge on any atom is -0.484 e. The fourth-order valence-electron chi connectivity index (χ4n) is 4.36. The Morgan fingerprint density at radius 1 is 1.15 bits per heavy atom. The second kappa shape index (κ2) is 9.99. The van der Waals surface area contributed by atoms with Gasteiger partial charge in [-0.15, -0.1) is 11.3 Å². The van der Waals surface area contributed by atoms with Crippen molar-refractivity contribution < 1.29 is 23.4 Å². The molecule has 39 heavy (non-hydrogen) atoms. The number of halogens is 1. The standard InChI is InChI=1S/C28H24FN3O6S/c1-16-21-24(33)32(28(2,3)26(34)35)27(36)31(25(21)39-22(16)23-30-13-14-37-23)15-20(17-7-5-4-6-8-17)38-19-11-9-18(29)10-12-19/h4-14,20H,15H2,1-3H3,(H,34,35). The molecule has 5 rings (SSSR count). The average molecular weight is 550 g/mol. The second-order valence-corrected chi connectivity index (χ2v) is 10.4. The molecule has 2 aromatic carbocycles. The van der Waals surface area contributed by atoms with E-state index in [0.717, 1.165) is 21.5 Å². The third kappa shape index (κ3) is 4.65. The predicted octanol–water partition coefficient (Wildman–Crippen LogP) is 4.97. The topological polar surface area (TPSA) is 117 Å². The Kier molecular flexibility index (Phi) is 6.69. The smallest absolute Gasteiger partial charge is 0.333 e. The summed E-state index contributed by atoms with van der Waals surface area (Å²) in [6.45, 7) is 4.23. The van der Waals surface area contributed by atoms with Crippen LogP contribution in [0, 0.1) is 12.7 Å². The number of aromatic nitrogens is 3. The van der Waals surface area contributed by atoms with E-state index in [4.69, 9.17) is 9.15 Å². The van der Waals surface area contributed by atoms with Crippen molar-refractivity contribution in [3.63, 3.8) is 0 Å². The molecule has 0 fully saturated rings. The van der Waals surface area contributed by atoms with Gasteiger partial charge in [-0.2, -0.15) is 0 Å². The Labute approximate surface area is 225 Å². The van der Waals surface area contributed by atoms with Crippen LogP contribution in [0.4, 0.5) is 4.39 Å². The van der Waals surface area contributed by atoms with Gasteiger partial charge in [-0.05, 0) is 56.2 Å². The van der Waals surface area contributed by atoms with Crippen molar-refractivity contribution in [2.75, 3.05) is 0 Å². The summed E-state index contributed by atoms with van der Waals surface area (Å²) in [6, 6.07) is 14.6. The number of benzene rings is 2. The van der Waals surface area contributed by atoms with Gasteiger partial charge in [0.2, 0.25) is 5.89 Å². The number of hydrogen-bond donors (Lipinski definition) is 1. The van der Waals surface area contributed by atoms with Gasteiger partial charge < -0.3 is 14.3 Å². The molecule has 0 aliphatic carbocycles. The summed E-state index contributed by atoms with van der Waals surface area (Å²) in [5, 5.41) is 10.1. The maximum absolute atomic E-state index is 14.0. The molecule has 3 aromatic heterocycles. The normalized spacial score (nSPS) is 12.5. The number of carboxylic acids is 1. The maximum Gasteiger partial charge on any atom is 0.333 e. The summed E-state index contributed by atoms with van der Waals surface area (Å²) in [5.41, 5.74) is -2.13. The fraction of sp³-hybridized carbons (Fsp3) is 0.214. The van der Waals surface area contributed by atoms with Gasteiger partial charge in [-0.3, -0.25) is 9.36 Å². The highest BCUT2D eigenvalue weighted by atomic mass is 32.1. The molecule has 0 radical (unpaired) electrons. The zero-order chi connectivity index (χ0) is 27.9. The number of thiophene rings is 1. The molecule has 1 N–H and O–H groups in total. The molecule has 0 bridgehead atoms. The number of rotatable bonds is 8. The van der Waals surface area contributed by atoms with Crippen molar-refractivity contribution in [2.24, 2.45) is 0 Å². The summed E-state index contributed by atoms with van der Waals surface area (Å²) in [4.78, 5) is 44.9. The zero-order valence-electron chi connectivity index (χ0n) is 21.3. The van der Waals surface area contributed by atoms with E-state index in [1.54, 1.807) is 6.92 Å². The predicted molar refractivity (Wildman–Crippen MR) is 144 cm³/mol. The van der Waals surface area contributed by atoms with Crippen molar-refractivity contribution >= 4 is 27.5 Å². The molecule has 0 saturated heterocycles. The minimum atomic E-state index is -1.85. The number of fused-ring (bicyclic) bond motifs is 1. The number of aliphatic carboxylic acids is 1. The summed E-state index contributed by atoms with van der Waals surface area (Å²) in [7, 11) is 0. The number of hydrogen-bond acceptors (Lipinski definition) is 7. The van der Waals surface area contributed by atoms with Crippen LogP contribution in [0.15, 0.2) is 81.1 Å². The van der Waals surface area contributed by atoms with E-state index < -0.39 is 34.7 Å². The van der Waals surface area contributed by atoms with Crippen LogP contribution >= 0.6 is 11.3 Å². The summed E-state index contributed by atoms with van der Waals surface area (Å²) < 4.78 is 27.3. The molecule has 0 aliphatic heterocycles. The van der Waals surface area contributed by atoms with Gasteiger partial charge in [0.25, 0.3) is 5.56 Å². The van der Waals surface area contributed by atoms with Crippen molar-refractivity contribution in [3.05, 3.63) is 105 Å². The first-order chi connectivity index (χ1) is 18.6.